The predicted octanol–water partition coefficient (Wildman–Crippen LogP) is 1.77. The van der Waals surface area contributed by atoms with Gasteiger partial charge in [0.15, 0.2) is 5.82 Å². The van der Waals surface area contributed by atoms with Crippen LogP contribution in [0.1, 0.15) is 57.1 Å². The van der Waals surface area contributed by atoms with E-state index in [0.29, 0.717) is 24.7 Å². The van der Waals surface area contributed by atoms with E-state index in [4.69, 9.17) is 9.26 Å². The summed E-state index contributed by atoms with van der Waals surface area (Å²) in [5, 5.41) is 9.32. The Morgan fingerprint density at radius 1 is 1.14 bits per heavy atom. The molecule has 2 heterocycles. The van der Waals surface area contributed by atoms with E-state index < -0.39 is 0 Å². The van der Waals surface area contributed by atoms with Crippen molar-refractivity contribution in [3.05, 3.63) is 11.8 Å². The minimum Gasteiger partial charge on any atom is -0.376 e. The minimum atomic E-state index is -0.320. The van der Waals surface area contributed by atoms with E-state index in [-0.39, 0.29) is 49.3 Å². The van der Waals surface area contributed by atoms with Crippen LogP contribution in [0.3, 0.4) is 0 Å². The monoisotopic (exact) mass is 406 g/mol. The SMILES string of the molecule is Cc1cc(NC(=O)CCC(=O)N(CC(=O)NC2CCCC2)C[C@H]2CCCO2)no1. The molecule has 0 radical (unpaired) electrons. The van der Waals surface area contributed by atoms with Crippen LogP contribution in [0.25, 0.3) is 0 Å². The number of nitrogens with zero attached hydrogens (tertiary/aromatic N) is 2. The molecule has 0 bridgehead atoms. The standard InChI is InChI=1S/C20H30N4O5/c1-14-11-17(23-29-14)22-18(25)8-9-20(27)24(12-16-7-4-10-28-16)13-19(26)21-15-5-2-3-6-15/h11,15-16H,2-10,12-13H2,1H3,(H,21,26)(H,22,23,25)/t16-/m1/s1. The van der Waals surface area contributed by atoms with Gasteiger partial charge in [-0.15, -0.1) is 0 Å². The molecule has 160 valence electrons. The van der Waals surface area contributed by atoms with Crippen molar-refractivity contribution in [2.75, 3.05) is 25.0 Å². The van der Waals surface area contributed by atoms with E-state index in [1.54, 1.807) is 13.0 Å². The van der Waals surface area contributed by atoms with Gasteiger partial charge in [0, 0.05) is 38.1 Å². The molecule has 0 spiro atoms. The Bertz CT molecular complexity index is 707. The van der Waals surface area contributed by atoms with E-state index in [0.717, 1.165) is 38.5 Å². The topological polar surface area (TPSA) is 114 Å². The number of nitrogens with one attached hydrogen (secondary N) is 2. The highest BCUT2D eigenvalue weighted by atomic mass is 16.5. The molecule has 1 aliphatic heterocycles. The summed E-state index contributed by atoms with van der Waals surface area (Å²) in [6.07, 6.45) is 6.06. The maximum absolute atomic E-state index is 12.7. The number of hydrogen-bond acceptors (Lipinski definition) is 6. The molecule has 2 fully saturated rings. The van der Waals surface area contributed by atoms with Crippen molar-refractivity contribution in [1.29, 1.82) is 0 Å². The third-order valence-electron chi connectivity index (χ3n) is 5.32. The second kappa shape index (κ2) is 10.4. The summed E-state index contributed by atoms with van der Waals surface area (Å²) >= 11 is 0. The molecule has 3 rings (SSSR count). The van der Waals surface area contributed by atoms with Crippen molar-refractivity contribution in [1.82, 2.24) is 15.4 Å². The first kappa shape index (κ1) is 21.3. The molecule has 1 saturated heterocycles. The van der Waals surface area contributed by atoms with Crippen LogP contribution in [0.15, 0.2) is 10.6 Å². The molecule has 1 saturated carbocycles. The van der Waals surface area contributed by atoms with Gasteiger partial charge in [-0.1, -0.05) is 18.0 Å². The summed E-state index contributed by atoms with van der Waals surface area (Å²) in [5.41, 5.74) is 0. The third-order valence-corrected chi connectivity index (χ3v) is 5.32. The fourth-order valence-corrected chi connectivity index (χ4v) is 3.81. The lowest BCUT2D eigenvalue weighted by Gasteiger charge is -2.25. The van der Waals surface area contributed by atoms with Gasteiger partial charge in [-0.3, -0.25) is 14.4 Å². The fraction of sp³-hybridized carbons (Fsp3) is 0.700. The van der Waals surface area contributed by atoms with Gasteiger partial charge in [0.05, 0.1) is 12.6 Å². The minimum absolute atomic E-state index is 0.000701. The van der Waals surface area contributed by atoms with Gasteiger partial charge in [0.2, 0.25) is 17.7 Å². The molecule has 0 unspecified atom stereocenters. The molecule has 2 aliphatic rings. The van der Waals surface area contributed by atoms with Gasteiger partial charge in [-0.25, -0.2) is 0 Å². The lowest BCUT2D eigenvalue weighted by atomic mass is 10.2. The first-order valence-corrected chi connectivity index (χ1v) is 10.4. The molecule has 1 aromatic rings. The summed E-state index contributed by atoms with van der Waals surface area (Å²) in [6, 6.07) is 1.82. The molecular formula is C20H30N4O5. The van der Waals surface area contributed by atoms with Gasteiger partial charge < -0.3 is 24.8 Å². The number of rotatable bonds is 9. The summed E-state index contributed by atoms with van der Waals surface area (Å²) in [6.45, 7) is 2.78. The normalized spacial score (nSPS) is 19.3. The highest BCUT2D eigenvalue weighted by Gasteiger charge is 2.26. The Balaban J connectivity index is 1.49. The van der Waals surface area contributed by atoms with Crippen LogP contribution in [0.4, 0.5) is 5.82 Å². The molecule has 1 atom stereocenters. The van der Waals surface area contributed by atoms with Crippen LogP contribution in [0, 0.1) is 6.92 Å². The predicted molar refractivity (Wildman–Crippen MR) is 105 cm³/mol. The van der Waals surface area contributed by atoms with Crippen molar-refractivity contribution in [2.45, 2.75) is 70.4 Å². The van der Waals surface area contributed by atoms with Crippen LogP contribution in [0.5, 0.6) is 0 Å². The zero-order valence-electron chi connectivity index (χ0n) is 16.9. The number of hydrogen-bond donors (Lipinski definition) is 2. The van der Waals surface area contributed by atoms with Crippen LogP contribution >= 0.6 is 0 Å². The molecule has 1 aliphatic carbocycles. The summed E-state index contributed by atoms with van der Waals surface area (Å²) in [4.78, 5) is 38.8. The van der Waals surface area contributed by atoms with Crippen LogP contribution in [-0.2, 0) is 19.1 Å². The van der Waals surface area contributed by atoms with Crippen LogP contribution < -0.4 is 10.6 Å². The van der Waals surface area contributed by atoms with E-state index in [1.807, 2.05) is 0 Å². The molecule has 9 nitrogen and oxygen atoms in total. The lowest BCUT2D eigenvalue weighted by Crippen LogP contribution is -2.46. The fourth-order valence-electron chi connectivity index (χ4n) is 3.81. The molecule has 9 heteroatoms. The molecule has 29 heavy (non-hydrogen) atoms. The molecule has 2 N–H and O–H groups in total. The van der Waals surface area contributed by atoms with Gasteiger partial charge in [0.25, 0.3) is 0 Å². The molecule has 0 aromatic carbocycles. The summed E-state index contributed by atoms with van der Waals surface area (Å²) in [7, 11) is 0. The second-order valence-electron chi connectivity index (χ2n) is 7.83. The molecular weight excluding hydrogens is 376 g/mol. The Labute approximate surface area is 170 Å². The zero-order valence-corrected chi connectivity index (χ0v) is 16.9. The van der Waals surface area contributed by atoms with Crippen LogP contribution in [-0.4, -0.2) is 59.6 Å². The first-order chi connectivity index (χ1) is 14.0. The van der Waals surface area contributed by atoms with Gasteiger partial charge in [0.1, 0.15) is 5.76 Å². The van der Waals surface area contributed by atoms with Crippen molar-refractivity contribution >= 4 is 23.5 Å². The highest BCUT2D eigenvalue weighted by Crippen LogP contribution is 2.18. The number of aryl methyl sites for hydroxylation is 1. The van der Waals surface area contributed by atoms with Gasteiger partial charge >= 0.3 is 0 Å². The maximum Gasteiger partial charge on any atom is 0.239 e. The summed E-state index contributed by atoms with van der Waals surface area (Å²) < 4.78 is 10.5. The maximum atomic E-state index is 12.7. The van der Waals surface area contributed by atoms with Crippen molar-refractivity contribution < 1.29 is 23.6 Å². The average Bonchev–Trinajstić information content (AvgIpc) is 3.43. The largest absolute Gasteiger partial charge is 0.376 e. The van der Waals surface area contributed by atoms with Gasteiger partial charge in [-0.2, -0.15) is 0 Å². The smallest absolute Gasteiger partial charge is 0.239 e. The Hall–Kier alpha value is -2.42. The number of anilines is 1. The van der Waals surface area contributed by atoms with E-state index in [1.165, 1.54) is 4.90 Å². The second-order valence-corrected chi connectivity index (χ2v) is 7.83. The average molecular weight is 406 g/mol. The van der Waals surface area contributed by atoms with E-state index in [9.17, 15) is 14.4 Å². The number of ether oxygens (including phenoxy) is 1. The van der Waals surface area contributed by atoms with E-state index in [2.05, 4.69) is 15.8 Å². The number of carbonyl (C=O) groups is 3. The molecule has 1 aromatic heterocycles. The molecule has 3 amide bonds. The van der Waals surface area contributed by atoms with Crippen molar-refractivity contribution in [3.8, 4) is 0 Å². The zero-order chi connectivity index (χ0) is 20.6. The quantitative estimate of drug-likeness (QED) is 0.646. The van der Waals surface area contributed by atoms with E-state index >= 15 is 0 Å². The third kappa shape index (κ3) is 6.85. The Kier molecular flexibility index (Phi) is 7.62. The Morgan fingerprint density at radius 2 is 1.93 bits per heavy atom. The van der Waals surface area contributed by atoms with Crippen molar-refractivity contribution in [2.24, 2.45) is 0 Å². The Morgan fingerprint density at radius 3 is 2.59 bits per heavy atom. The number of amides is 3. The lowest BCUT2D eigenvalue weighted by molar-refractivity contribution is -0.138. The first-order valence-electron chi connectivity index (χ1n) is 10.4. The van der Waals surface area contributed by atoms with Crippen molar-refractivity contribution in [3.63, 3.8) is 0 Å². The summed E-state index contributed by atoms with van der Waals surface area (Å²) in [5.74, 6) is 0.220. The van der Waals surface area contributed by atoms with Crippen LogP contribution in [0.2, 0.25) is 0 Å². The highest BCUT2D eigenvalue weighted by molar-refractivity contribution is 5.93. The van der Waals surface area contributed by atoms with Gasteiger partial charge in [-0.05, 0) is 32.6 Å². The number of aromatic nitrogens is 1. The number of carbonyl (C=O) groups excluding carboxylic acids is 3.